The Bertz CT molecular complexity index is 440. The Kier molecular flexibility index (Phi) is 6.27. The summed E-state index contributed by atoms with van der Waals surface area (Å²) >= 11 is 0. The van der Waals surface area contributed by atoms with Crippen LogP contribution in [0, 0.1) is 0 Å². The van der Waals surface area contributed by atoms with Gasteiger partial charge in [0.1, 0.15) is 5.76 Å². The van der Waals surface area contributed by atoms with E-state index in [1.165, 1.54) is 44.3 Å². The van der Waals surface area contributed by atoms with Gasteiger partial charge in [0.05, 0.1) is 11.9 Å². The lowest BCUT2D eigenvalue weighted by Gasteiger charge is -2.51. The predicted octanol–water partition coefficient (Wildman–Crippen LogP) is 4.62. The summed E-state index contributed by atoms with van der Waals surface area (Å²) in [6, 6.07) is 4.00. The van der Waals surface area contributed by atoms with E-state index in [1.807, 2.05) is 12.1 Å². The molecule has 1 fully saturated rings. The third kappa shape index (κ3) is 4.23. The van der Waals surface area contributed by atoms with Crippen LogP contribution in [0.3, 0.4) is 0 Å². The van der Waals surface area contributed by atoms with Crippen LogP contribution in [0.1, 0.15) is 59.1 Å². The van der Waals surface area contributed by atoms with Gasteiger partial charge in [-0.25, -0.2) is 0 Å². The van der Waals surface area contributed by atoms with Crippen LogP contribution < -0.4 is 0 Å². The minimum Gasteiger partial charge on any atom is -0.465 e. The van der Waals surface area contributed by atoms with Crippen LogP contribution in [-0.4, -0.2) is 41.6 Å². The monoisotopic (exact) mass is 304 g/mol. The summed E-state index contributed by atoms with van der Waals surface area (Å²) in [4.78, 5) is 5.26. The fraction of sp³-hybridized carbons (Fsp3) is 0.684. The van der Waals surface area contributed by atoms with Gasteiger partial charge in [-0.15, -0.1) is 0 Å². The van der Waals surface area contributed by atoms with E-state index in [0.717, 1.165) is 18.8 Å². The summed E-state index contributed by atoms with van der Waals surface area (Å²) < 4.78 is 5.51. The van der Waals surface area contributed by atoms with Gasteiger partial charge in [-0.2, -0.15) is 0 Å². The molecule has 3 nitrogen and oxygen atoms in total. The van der Waals surface area contributed by atoms with E-state index in [4.69, 9.17) is 4.42 Å². The molecule has 0 spiro atoms. The van der Waals surface area contributed by atoms with Crippen molar-refractivity contribution in [1.29, 1.82) is 0 Å². The Labute approximate surface area is 136 Å². The second kappa shape index (κ2) is 7.98. The minimum atomic E-state index is 0.144. The van der Waals surface area contributed by atoms with E-state index in [2.05, 4.69) is 43.6 Å². The standard InChI is InChI=1S/C19H32N2O/c1-5-7-11-20-15-17(14-18-10-9-13-22-18)16-21(12-8-6-2)19(20,3)4/h9-10,13-14H,5-8,11-12,15-16H2,1-4H3. The highest BCUT2D eigenvalue weighted by molar-refractivity contribution is 5.48. The molecule has 0 N–H and O–H groups in total. The molecule has 1 aliphatic rings. The van der Waals surface area contributed by atoms with Gasteiger partial charge in [0.2, 0.25) is 0 Å². The highest BCUT2D eigenvalue weighted by Crippen LogP contribution is 2.29. The number of hydrogen-bond donors (Lipinski definition) is 0. The van der Waals surface area contributed by atoms with Crippen molar-refractivity contribution >= 4 is 6.08 Å². The van der Waals surface area contributed by atoms with Crippen LogP contribution >= 0.6 is 0 Å². The first-order valence-electron chi connectivity index (χ1n) is 8.81. The van der Waals surface area contributed by atoms with Gasteiger partial charge >= 0.3 is 0 Å². The van der Waals surface area contributed by atoms with Crippen molar-refractivity contribution in [2.45, 2.75) is 59.0 Å². The highest BCUT2D eigenvalue weighted by atomic mass is 16.3. The smallest absolute Gasteiger partial charge is 0.126 e. The third-order valence-electron chi connectivity index (χ3n) is 4.79. The van der Waals surface area contributed by atoms with E-state index in [1.54, 1.807) is 6.26 Å². The van der Waals surface area contributed by atoms with Crippen molar-refractivity contribution in [2.75, 3.05) is 26.2 Å². The summed E-state index contributed by atoms with van der Waals surface area (Å²) in [6.07, 6.45) is 9.01. The van der Waals surface area contributed by atoms with Gasteiger partial charge in [-0.05, 0) is 50.5 Å². The summed E-state index contributed by atoms with van der Waals surface area (Å²) in [5.74, 6) is 0.973. The lowest BCUT2D eigenvalue weighted by Crippen LogP contribution is -2.62. The number of nitrogens with zero attached hydrogens (tertiary/aromatic N) is 2. The van der Waals surface area contributed by atoms with Crippen LogP contribution in [0.2, 0.25) is 0 Å². The summed E-state index contributed by atoms with van der Waals surface area (Å²) in [7, 11) is 0. The third-order valence-corrected chi connectivity index (χ3v) is 4.79. The first-order chi connectivity index (χ1) is 10.6. The molecule has 0 aliphatic carbocycles. The fourth-order valence-corrected chi connectivity index (χ4v) is 3.20. The predicted molar refractivity (Wildman–Crippen MR) is 93.7 cm³/mol. The summed E-state index contributed by atoms with van der Waals surface area (Å²) in [6.45, 7) is 13.7. The van der Waals surface area contributed by atoms with Gasteiger partial charge in [0.15, 0.2) is 0 Å². The minimum absolute atomic E-state index is 0.144. The SMILES string of the molecule is CCCCN1CC(=Cc2ccco2)CN(CCCC)C1(C)C. The molecule has 1 aromatic rings. The lowest BCUT2D eigenvalue weighted by atomic mass is 10.00. The Morgan fingerprint density at radius 3 is 2.14 bits per heavy atom. The molecule has 0 aromatic carbocycles. The Morgan fingerprint density at radius 1 is 1.09 bits per heavy atom. The molecule has 0 unspecified atom stereocenters. The van der Waals surface area contributed by atoms with E-state index in [9.17, 15) is 0 Å². The van der Waals surface area contributed by atoms with Crippen LogP contribution in [0.25, 0.3) is 6.08 Å². The van der Waals surface area contributed by atoms with E-state index >= 15 is 0 Å². The molecule has 3 heteroatoms. The molecule has 1 aliphatic heterocycles. The summed E-state index contributed by atoms with van der Waals surface area (Å²) in [5, 5.41) is 0. The molecule has 2 rings (SSSR count). The Hall–Kier alpha value is -1.06. The van der Waals surface area contributed by atoms with Crippen molar-refractivity contribution in [3.05, 3.63) is 29.7 Å². The molecule has 0 bridgehead atoms. The lowest BCUT2D eigenvalue weighted by molar-refractivity contribution is -0.0451. The maximum atomic E-state index is 5.51. The zero-order valence-corrected chi connectivity index (χ0v) is 14.8. The van der Waals surface area contributed by atoms with Crippen LogP contribution in [0.5, 0.6) is 0 Å². The molecule has 2 heterocycles. The van der Waals surface area contributed by atoms with Gasteiger partial charge in [-0.1, -0.05) is 26.7 Å². The van der Waals surface area contributed by atoms with Gasteiger partial charge in [-0.3, -0.25) is 9.80 Å². The zero-order chi connectivity index (χ0) is 16.0. The van der Waals surface area contributed by atoms with Gasteiger partial charge in [0, 0.05) is 26.2 Å². The second-order valence-corrected chi connectivity index (χ2v) is 6.86. The molecule has 0 radical (unpaired) electrons. The fourth-order valence-electron chi connectivity index (χ4n) is 3.20. The van der Waals surface area contributed by atoms with Crippen molar-refractivity contribution in [1.82, 2.24) is 9.80 Å². The maximum absolute atomic E-state index is 5.51. The molecule has 1 aromatic heterocycles. The molecule has 0 saturated carbocycles. The van der Waals surface area contributed by atoms with Crippen molar-refractivity contribution < 1.29 is 4.42 Å². The van der Waals surface area contributed by atoms with Crippen molar-refractivity contribution in [2.24, 2.45) is 0 Å². The number of hydrogen-bond acceptors (Lipinski definition) is 3. The Morgan fingerprint density at radius 2 is 1.68 bits per heavy atom. The Balaban J connectivity index is 2.17. The molecule has 22 heavy (non-hydrogen) atoms. The number of rotatable bonds is 7. The van der Waals surface area contributed by atoms with Crippen molar-refractivity contribution in [3.8, 4) is 0 Å². The van der Waals surface area contributed by atoms with E-state index in [0.29, 0.717) is 0 Å². The van der Waals surface area contributed by atoms with Crippen LogP contribution in [0.4, 0.5) is 0 Å². The first-order valence-corrected chi connectivity index (χ1v) is 8.81. The molecule has 1 saturated heterocycles. The van der Waals surface area contributed by atoms with Crippen LogP contribution in [0.15, 0.2) is 28.4 Å². The number of furan rings is 1. The average Bonchev–Trinajstić information content (AvgIpc) is 2.98. The first kappa shape index (κ1) is 17.3. The second-order valence-electron chi connectivity index (χ2n) is 6.86. The molecular formula is C19H32N2O. The molecule has 0 atom stereocenters. The summed E-state index contributed by atoms with van der Waals surface area (Å²) in [5.41, 5.74) is 1.60. The zero-order valence-electron chi connectivity index (χ0n) is 14.8. The van der Waals surface area contributed by atoms with Gasteiger partial charge in [0.25, 0.3) is 0 Å². The van der Waals surface area contributed by atoms with E-state index in [-0.39, 0.29) is 5.66 Å². The molecule has 0 amide bonds. The van der Waals surface area contributed by atoms with E-state index < -0.39 is 0 Å². The number of unbranched alkanes of at least 4 members (excludes halogenated alkanes) is 2. The molecular weight excluding hydrogens is 272 g/mol. The molecule has 124 valence electrons. The van der Waals surface area contributed by atoms with Gasteiger partial charge < -0.3 is 4.42 Å². The average molecular weight is 304 g/mol. The topological polar surface area (TPSA) is 19.6 Å². The van der Waals surface area contributed by atoms with Crippen LogP contribution in [-0.2, 0) is 0 Å². The normalized spacial score (nSPS) is 19.5. The largest absolute Gasteiger partial charge is 0.465 e. The van der Waals surface area contributed by atoms with Crippen molar-refractivity contribution in [3.63, 3.8) is 0 Å². The quantitative estimate of drug-likeness (QED) is 0.733. The maximum Gasteiger partial charge on any atom is 0.126 e. The highest BCUT2D eigenvalue weighted by Gasteiger charge is 2.37.